The summed E-state index contributed by atoms with van der Waals surface area (Å²) in [7, 11) is 0. The van der Waals surface area contributed by atoms with E-state index in [-0.39, 0.29) is 0 Å². The summed E-state index contributed by atoms with van der Waals surface area (Å²) in [4.78, 5) is 0. The molecule has 0 aromatic carbocycles. The van der Waals surface area contributed by atoms with Gasteiger partial charge in [0.05, 0.1) is 0 Å². The minimum atomic E-state index is 0.745. The van der Waals surface area contributed by atoms with Crippen LogP contribution in [0.1, 0.15) is 47.0 Å². The van der Waals surface area contributed by atoms with Crippen LogP contribution in [0.3, 0.4) is 0 Å². The molecule has 1 heteroatoms. The normalized spacial score (nSPS) is 11.4. The van der Waals surface area contributed by atoms with E-state index < -0.39 is 0 Å². The van der Waals surface area contributed by atoms with Crippen LogP contribution in [-0.2, 0) is 0 Å². The average Bonchev–Trinajstić information content (AvgIpc) is 2.17. The van der Waals surface area contributed by atoms with Crippen molar-refractivity contribution in [2.45, 2.75) is 47.0 Å². The molecule has 0 aromatic rings. The van der Waals surface area contributed by atoms with E-state index in [4.69, 9.17) is 0 Å². The van der Waals surface area contributed by atoms with Crippen LogP contribution in [0.15, 0.2) is 11.6 Å². The first-order valence-electron chi connectivity index (χ1n) is 5.92. The van der Waals surface area contributed by atoms with Crippen LogP contribution in [0.4, 0.5) is 0 Å². The van der Waals surface area contributed by atoms with E-state index in [1.165, 1.54) is 5.57 Å². The van der Waals surface area contributed by atoms with E-state index in [2.05, 4.69) is 44.0 Å². The van der Waals surface area contributed by atoms with Gasteiger partial charge < -0.3 is 5.32 Å². The molecule has 0 heterocycles. The highest BCUT2D eigenvalue weighted by molar-refractivity contribution is 5.03. The minimum Gasteiger partial charge on any atom is -0.316 e. The molecule has 0 aliphatic heterocycles. The van der Waals surface area contributed by atoms with Crippen LogP contribution >= 0.6 is 0 Å². The first-order valence-corrected chi connectivity index (χ1v) is 5.92. The molecular weight excluding hydrogens is 182 g/mol. The third-order valence-corrected chi connectivity index (χ3v) is 2.19. The molecular formula is C14H25N. The molecule has 0 unspecified atom stereocenters. The van der Waals surface area contributed by atoms with Crippen molar-refractivity contribution in [1.29, 1.82) is 0 Å². The monoisotopic (exact) mass is 207 g/mol. The van der Waals surface area contributed by atoms with E-state index in [1.807, 2.05) is 6.92 Å². The molecule has 86 valence electrons. The topological polar surface area (TPSA) is 12.0 Å². The second-order valence-corrected chi connectivity index (χ2v) is 4.36. The fourth-order valence-electron chi connectivity index (χ4n) is 1.30. The van der Waals surface area contributed by atoms with E-state index >= 15 is 0 Å². The quantitative estimate of drug-likeness (QED) is 0.383. The van der Waals surface area contributed by atoms with E-state index in [1.54, 1.807) is 0 Å². The summed E-state index contributed by atoms with van der Waals surface area (Å²) in [6.07, 6.45) is 5.58. The molecule has 0 radical (unpaired) electrons. The SMILES string of the molecule is CC#CCCC(C)=CCCNCC(C)C. The maximum atomic E-state index is 3.43. The molecule has 0 spiro atoms. The van der Waals surface area contributed by atoms with Gasteiger partial charge in [0.1, 0.15) is 0 Å². The van der Waals surface area contributed by atoms with E-state index in [0.29, 0.717) is 0 Å². The lowest BCUT2D eigenvalue weighted by atomic mass is 10.1. The highest BCUT2D eigenvalue weighted by atomic mass is 14.8. The maximum Gasteiger partial charge on any atom is 0.0126 e. The van der Waals surface area contributed by atoms with Crippen LogP contribution in [0.5, 0.6) is 0 Å². The Morgan fingerprint density at radius 3 is 2.73 bits per heavy atom. The second-order valence-electron chi connectivity index (χ2n) is 4.36. The third kappa shape index (κ3) is 11.2. The standard InChI is InChI=1S/C14H25N/c1-5-6-7-9-14(4)10-8-11-15-12-13(2)3/h10,13,15H,7-9,11-12H2,1-4H3. The Balaban J connectivity index is 3.44. The summed E-state index contributed by atoms with van der Waals surface area (Å²) < 4.78 is 0. The molecule has 1 nitrogen and oxygen atoms in total. The molecule has 0 saturated heterocycles. The van der Waals surface area contributed by atoms with Gasteiger partial charge in [0.2, 0.25) is 0 Å². The van der Waals surface area contributed by atoms with Gasteiger partial charge >= 0.3 is 0 Å². The van der Waals surface area contributed by atoms with Crippen molar-refractivity contribution in [2.24, 2.45) is 5.92 Å². The predicted octanol–water partition coefficient (Wildman–Crippen LogP) is 3.37. The molecule has 0 amide bonds. The summed E-state index contributed by atoms with van der Waals surface area (Å²) in [5.41, 5.74) is 1.46. The van der Waals surface area contributed by atoms with Gasteiger partial charge in [-0.3, -0.25) is 0 Å². The van der Waals surface area contributed by atoms with Crippen LogP contribution in [-0.4, -0.2) is 13.1 Å². The number of allylic oxidation sites excluding steroid dienone is 1. The van der Waals surface area contributed by atoms with Gasteiger partial charge in [-0.25, -0.2) is 0 Å². The molecule has 0 aliphatic rings. The van der Waals surface area contributed by atoms with E-state index in [0.717, 1.165) is 38.3 Å². The Hall–Kier alpha value is -0.740. The molecule has 0 fully saturated rings. The Morgan fingerprint density at radius 1 is 1.40 bits per heavy atom. The van der Waals surface area contributed by atoms with Gasteiger partial charge in [0, 0.05) is 6.42 Å². The third-order valence-electron chi connectivity index (χ3n) is 2.19. The number of rotatable bonds is 7. The van der Waals surface area contributed by atoms with Crippen LogP contribution in [0, 0.1) is 17.8 Å². The van der Waals surface area contributed by atoms with Crippen molar-refractivity contribution >= 4 is 0 Å². The minimum absolute atomic E-state index is 0.745. The fourth-order valence-corrected chi connectivity index (χ4v) is 1.30. The number of hydrogen-bond donors (Lipinski definition) is 1. The molecule has 0 saturated carbocycles. The summed E-state index contributed by atoms with van der Waals surface area (Å²) in [5, 5.41) is 3.43. The smallest absolute Gasteiger partial charge is 0.0126 e. The summed E-state index contributed by atoms with van der Waals surface area (Å²) in [6.45, 7) is 10.8. The van der Waals surface area contributed by atoms with Gasteiger partial charge in [-0.2, -0.15) is 0 Å². The van der Waals surface area contributed by atoms with Gasteiger partial charge in [-0.15, -0.1) is 11.8 Å². The molecule has 0 aliphatic carbocycles. The Labute approximate surface area is 95.3 Å². The first-order chi connectivity index (χ1) is 7.16. The zero-order chi connectivity index (χ0) is 11.5. The van der Waals surface area contributed by atoms with Crippen molar-refractivity contribution in [3.05, 3.63) is 11.6 Å². The van der Waals surface area contributed by atoms with Crippen LogP contribution in [0.25, 0.3) is 0 Å². The molecule has 1 N–H and O–H groups in total. The molecule has 0 rings (SSSR count). The highest BCUT2D eigenvalue weighted by Crippen LogP contribution is 2.03. The van der Waals surface area contributed by atoms with Crippen molar-refractivity contribution < 1.29 is 0 Å². The van der Waals surface area contributed by atoms with Crippen molar-refractivity contribution in [1.82, 2.24) is 5.32 Å². The Kier molecular flexibility index (Phi) is 9.32. The fraction of sp³-hybridized carbons (Fsp3) is 0.714. The van der Waals surface area contributed by atoms with Crippen molar-refractivity contribution in [2.75, 3.05) is 13.1 Å². The lowest BCUT2D eigenvalue weighted by Gasteiger charge is -2.05. The Bertz CT molecular complexity index is 227. The lowest BCUT2D eigenvalue weighted by molar-refractivity contribution is 0.556. The average molecular weight is 207 g/mol. The van der Waals surface area contributed by atoms with Crippen LogP contribution < -0.4 is 5.32 Å². The first kappa shape index (κ1) is 14.3. The predicted molar refractivity (Wildman–Crippen MR) is 68.8 cm³/mol. The molecule has 0 atom stereocenters. The Morgan fingerprint density at radius 2 is 2.13 bits per heavy atom. The van der Waals surface area contributed by atoms with Crippen LogP contribution in [0.2, 0.25) is 0 Å². The van der Waals surface area contributed by atoms with Gasteiger partial charge in [0.15, 0.2) is 0 Å². The number of hydrogen-bond acceptors (Lipinski definition) is 1. The van der Waals surface area contributed by atoms with Crippen molar-refractivity contribution in [3.63, 3.8) is 0 Å². The van der Waals surface area contributed by atoms with Gasteiger partial charge in [-0.05, 0) is 45.7 Å². The molecule has 15 heavy (non-hydrogen) atoms. The summed E-state index contributed by atoms with van der Waals surface area (Å²) >= 11 is 0. The maximum absolute atomic E-state index is 3.43. The van der Waals surface area contributed by atoms with Crippen molar-refractivity contribution in [3.8, 4) is 11.8 Å². The highest BCUT2D eigenvalue weighted by Gasteiger charge is 1.92. The molecule has 0 aromatic heterocycles. The zero-order valence-corrected chi connectivity index (χ0v) is 10.7. The number of nitrogens with one attached hydrogen (secondary N) is 1. The summed E-state index contributed by atoms with van der Waals surface area (Å²) in [5.74, 6) is 6.76. The van der Waals surface area contributed by atoms with Gasteiger partial charge in [0.25, 0.3) is 0 Å². The van der Waals surface area contributed by atoms with Gasteiger partial charge in [-0.1, -0.05) is 25.5 Å². The lowest BCUT2D eigenvalue weighted by Crippen LogP contribution is -2.20. The zero-order valence-electron chi connectivity index (χ0n) is 10.7. The van der Waals surface area contributed by atoms with E-state index in [9.17, 15) is 0 Å². The molecule has 0 bridgehead atoms. The summed E-state index contributed by atoms with van der Waals surface area (Å²) in [6, 6.07) is 0. The largest absolute Gasteiger partial charge is 0.316 e. The second kappa shape index (κ2) is 9.80.